The first-order valence-electron chi connectivity index (χ1n) is 6.15. The lowest BCUT2D eigenvalue weighted by atomic mass is 10.0. The molecule has 1 aromatic carbocycles. The van der Waals surface area contributed by atoms with Crippen LogP contribution in [0, 0.1) is 0 Å². The molecule has 0 spiro atoms. The van der Waals surface area contributed by atoms with Crippen molar-refractivity contribution < 1.29 is 5.11 Å². The van der Waals surface area contributed by atoms with Gasteiger partial charge < -0.3 is 10.0 Å². The predicted molar refractivity (Wildman–Crippen MR) is 68.0 cm³/mol. The zero-order chi connectivity index (χ0) is 11.7. The maximum atomic E-state index is 9.08. The van der Waals surface area contributed by atoms with Crippen LogP contribution < -0.4 is 4.90 Å². The molecule has 88 valence electrons. The van der Waals surface area contributed by atoms with Gasteiger partial charge in [0.2, 0.25) is 0 Å². The highest BCUT2D eigenvalue weighted by molar-refractivity contribution is 5.62. The number of hydrogen-bond donors (Lipinski definition) is 1. The largest absolute Gasteiger partial charge is 0.396 e. The molecule has 0 saturated carbocycles. The average Bonchev–Trinajstić information content (AvgIpc) is 2.55. The molecule has 0 radical (unpaired) electrons. The van der Waals surface area contributed by atoms with Gasteiger partial charge in [0, 0.05) is 24.4 Å². The Bertz CT molecular complexity index is 373. The molecular formula is C14H21NO. The van der Waals surface area contributed by atoms with Crippen LogP contribution in [0.3, 0.4) is 0 Å². The molecule has 1 heterocycles. The van der Waals surface area contributed by atoms with Gasteiger partial charge in [0.1, 0.15) is 0 Å². The van der Waals surface area contributed by atoms with Gasteiger partial charge in [-0.2, -0.15) is 0 Å². The highest BCUT2D eigenvalue weighted by Gasteiger charge is 2.28. The average molecular weight is 219 g/mol. The van der Waals surface area contributed by atoms with Crippen molar-refractivity contribution >= 4 is 5.69 Å². The van der Waals surface area contributed by atoms with Gasteiger partial charge in [-0.15, -0.1) is 0 Å². The Morgan fingerprint density at radius 3 is 2.81 bits per heavy atom. The van der Waals surface area contributed by atoms with E-state index in [0.29, 0.717) is 12.1 Å². The molecule has 0 aromatic heterocycles. The molecule has 2 nitrogen and oxygen atoms in total. The SMILES string of the molecule is CC(C)N1c2cccc(CCO)c2CC1C. The number of benzene rings is 1. The number of anilines is 1. The van der Waals surface area contributed by atoms with E-state index >= 15 is 0 Å². The van der Waals surface area contributed by atoms with Crippen LogP contribution in [0.1, 0.15) is 31.9 Å². The zero-order valence-electron chi connectivity index (χ0n) is 10.4. The number of hydrogen-bond acceptors (Lipinski definition) is 2. The number of rotatable bonds is 3. The second kappa shape index (κ2) is 4.46. The number of fused-ring (bicyclic) bond motifs is 1. The summed E-state index contributed by atoms with van der Waals surface area (Å²) >= 11 is 0. The van der Waals surface area contributed by atoms with Crippen LogP contribution in [-0.4, -0.2) is 23.8 Å². The first-order valence-corrected chi connectivity index (χ1v) is 6.15. The van der Waals surface area contributed by atoms with Crippen molar-refractivity contribution in [3.8, 4) is 0 Å². The summed E-state index contributed by atoms with van der Waals surface area (Å²) in [6.07, 6.45) is 1.89. The van der Waals surface area contributed by atoms with E-state index in [-0.39, 0.29) is 6.61 Å². The number of nitrogens with zero attached hydrogens (tertiary/aromatic N) is 1. The molecule has 1 aromatic rings. The van der Waals surface area contributed by atoms with Crippen LogP contribution in [-0.2, 0) is 12.8 Å². The lowest BCUT2D eigenvalue weighted by Gasteiger charge is -2.29. The third-order valence-electron chi connectivity index (χ3n) is 3.44. The van der Waals surface area contributed by atoms with Gasteiger partial charge in [-0.05, 0) is 50.8 Å². The van der Waals surface area contributed by atoms with E-state index in [4.69, 9.17) is 5.11 Å². The summed E-state index contributed by atoms with van der Waals surface area (Å²) < 4.78 is 0. The Balaban J connectivity index is 2.40. The maximum absolute atomic E-state index is 9.08. The van der Waals surface area contributed by atoms with E-state index in [0.717, 1.165) is 12.8 Å². The van der Waals surface area contributed by atoms with Gasteiger partial charge in [0.15, 0.2) is 0 Å². The summed E-state index contributed by atoms with van der Waals surface area (Å²) in [7, 11) is 0. The monoisotopic (exact) mass is 219 g/mol. The maximum Gasteiger partial charge on any atom is 0.0471 e. The summed E-state index contributed by atoms with van der Waals surface area (Å²) in [5.41, 5.74) is 4.13. The minimum atomic E-state index is 0.243. The van der Waals surface area contributed by atoms with Gasteiger partial charge in [-0.1, -0.05) is 12.1 Å². The normalized spacial score (nSPS) is 19.3. The first kappa shape index (κ1) is 11.5. The van der Waals surface area contributed by atoms with Gasteiger partial charge in [-0.3, -0.25) is 0 Å². The fraction of sp³-hybridized carbons (Fsp3) is 0.571. The predicted octanol–water partition coefficient (Wildman–Crippen LogP) is 2.38. The van der Waals surface area contributed by atoms with Crippen molar-refractivity contribution in [2.24, 2.45) is 0 Å². The smallest absolute Gasteiger partial charge is 0.0471 e. The molecular weight excluding hydrogens is 198 g/mol. The Morgan fingerprint density at radius 1 is 1.44 bits per heavy atom. The molecule has 0 aliphatic carbocycles. The van der Waals surface area contributed by atoms with Crippen molar-refractivity contribution in [3.05, 3.63) is 29.3 Å². The number of aliphatic hydroxyl groups excluding tert-OH is 1. The zero-order valence-corrected chi connectivity index (χ0v) is 10.4. The fourth-order valence-electron chi connectivity index (χ4n) is 2.87. The third kappa shape index (κ3) is 1.82. The molecule has 1 aliphatic heterocycles. The highest BCUT2D eigenvalue weighted by Crippen LogP contribution is 2.35. The van der Waals surface area contributed by atoms with Crippen LogP contribution in [0.4, 0.5) is 5.69 Å². The molecule has 2 heteroatoms. The van der Waals surface area contributed by atoms with Crippen molar-refractivity contribution in [2.45, 2.75) is 45.7 Å². The summed E-state index contributed by atoms with van der Waals surface area (Å²) in [4.78, 5) is 2.48. The van der Waals surface area contributed by atoms with Gasteiger partial charge in [0.05, 0.1) is 0 Å². The van der Waals surface area contributed by atoms with Crippen molar-refractivity contribution in [1.82, 2.24) is 0 Å². The second-order valence-corrected chi connectivity index (χ2v) is 4.94. The van der Waals surface area contributed by atoms with E-state index in [2.05, 4.69) is 43.9 Å². The lowest BCUT2D eigenvalue weighted by Crippen LogP contribution is -2.35. The van der Waals surface area contributed by atoms with E-state index < -0.39 is 0 Å². The molecule has 0 amide bonds. The summed E-state index contributed by atoms with van der Waals surface area (Å²) in [6, 6.07) is 7.58. The Morgan fingerprint density at radius 2 is 2.19 bits per heavy atom. The second-order valence-electron chi connectivity index (χ2n) is 4.94. The molecule has 0 bridgehead atoms. The van der Waals surface area contributed by atoms with E-state index in [1.807, 2.05) is 0 Å². The summed E-state index contributed by atoms with van der Waals surface area (Å²) in [5.74, 6) is 0. The highest BCUT2D eigenvalue weighted by atomic mass is 16.2. The quantitative estimate of drug-likeness (QED) is 0.843. The van der Waals surface area contributed by atoms with E-state index in [9.17, 15) is 0 Å². The number of aliphatic hydroxyl groups is 1. The van der Waals surface area contributed by atoms with Crippen LogP contribution in [0.15, 0.2) is 18.2 Å². The third-order valence-corrected chi connectivity index (χ3v) is 3.44. The molecule has 16 heavy (non-hydrogen) atoms. The topological polar surface area (TPSA) is 23.5 Å². The van der Waals surface area contributed by atoms with Crippen molar-refractivity contribution in [3.63, 3.8) is 0 Å². The Kier molecular flexibility index (Phi) is 3.20. The van der Waals surface area contributed by atoms with Crippen LogP contribution in [0.2, 0.25) is 0 Å². The molecule has 1 unspecified atom stereocenters. The molecule has 1 aliphatic rings. The van der Waals surface area contributed by atoms with Crippen molar-refractivity contribution in [1.29, 1.82) is 0 Å². The lowest BCUT2D eigenvalue weighted by molar-refractivity contribution is 0.299. The molecule has 2 rings (SSSR count). The van der Waals surface area contributed by atoms with Crippen LogP contribution >= 0.6 is 0 Å². The van der Waals surface area contributed by atoms with Gasteiger partial charge in [0.25, 0.3) is 0 Å². The van der Waals surface area contributed by atoms with Gasteiger partial charge in [-0.25, -0.2) is 0 Å². The van der Waals surface area contributed by atoms with E-state index in [1.54, 1.807) is 0 Å². The van der Waals surface area contributed by atoms with E-state index in [1.165, 1.54) is 16.8 Å². The minimum Gasteiger partial charge on any atom is -0.396 e. The first-order chi connectivity index (χ1) is 7.65. The van der Waals surface area contributed by atoms with Gasteiger partial charge >= 0.3 is 0 Å². The molecule has 1 N–H and O–H groups in total. The Labute approximate surface area is 97.9 Å². The standard InChI is InChI=1S/C14H21NO/c1-10(2)15-11(3)9-13-12(7-8-16)5-4-6-14(13)15/h4-6,10-11,16H,7-9H2,1-3H3. The summed E-state index contributed by atoms with van der Waals surface area (Å²) in [6.45, 7) is 7.00. The molecule has 0 fully saturated rings. The molecule has 0 saturated heterocycles. The van der Waals surface area contributed by atoms with Crippen LogP contribution in [0.5, 0.6) is 0 Å². The van der Waals surface area contributed by atoms with Crippen LogP contribution in [0.25, 0.3) is 0 Å². The van der Waals surface area contributed by atoms with Crippen molar-refractivity contribution in [2.75, 3.05) is 11.5 Å². The minimum absolute atomic E-state index is 0.243. The fourth-order valence-corrected chi connectivity index (χ4v) is 2.87. The Hall–Kier alpha value is -1.02. The summed E-state index contributed by atoms with van der Waals surface area (Å²) in [5, 5.41) is 9.08. The molecule has 1 atom stereocenters.